The van der Waals surface area contributed by atoms with E-state index in [1.54, 1.807) is 37.4 Å². The first kappa shape index (κ1) is 25.6. The Labute approximate surface area is 220 Å². The molecule has 0 aliphatic heterocycles. The van der Waals surface area contributed by atoms with Crippen LogP contribution in [0.2, 0.25) is 0 Å². The average molecular weight is 633 g/mol. The first-order valence-electron chi connectivity index (χ1n) is 10.3. The number of ether oxygens (including phenoxy) is 3. The van der Waals surface area contributed by atoms with Gasteiger partial charge < -0.3 is 19.5 Å². The van der Waals surface area contributed by atoms with Crippen molar-refractivity contribution in [3.63, 3.8) is 0 Å². The van der Waals surface area contributed by atoms with Gasteiger partial charge in [-0.1, -0.05) is 28.1 Å². The maximum atomic E-state index is 12.7. The van der Waals surface area contributed by atoms with Crippen LogP contribution in [-0.2, 0) is 11.4 Å². The smallest absolute Gasteiger partial charge is 0.266 e. The van der Waals surface area contributed by atoms with Crippen LogP contribution in [0.5, 0.6) is 17.2 Å². The maximum absolute atomic E-state index is 12.7. The number of anilines is 1. The molecule has 0 radical (unpaired) electrons. The minimum absolute atomic E-state index is 0.0287. The molecule has 1 N–H and O–H groups in total. The molecular formula is C26H22BrIN2O4. The van der Waals surface area contributed by atoms with Gasteiger partial charge in [-0.15, -0.1) is 0 Å². The zero-order valence-corrected chi connectivity index (χ0v) is 22.3. The third-order valence-electron chi connectivity index (χ3n) is 4.64. The second-order valence-corrected chi connectivity index (χ2v) is 9.11. The lowest BCUT2D eigenvalue weighted by Gasteiger charge is -2.12. The Morgan fingerprint density at radius 1 is 1.12 bits per heavy atom. The molecule has 34 heavy (non-hydrogen) atoms. The highest BCUT2D eigenvalue weighted by atomic mass is 127. The minimum Gasteiger partial charge on any atom is -0.492 e. The van der Waals surface area contributed by atoms with Gasteiger partial charge >= 0.3 is 0 Å². The van der Waals surface area contributed by atoms with E-state index in [0.29, 0.717) is 41.7 Å². The van der Waals surface area contributed by atoms with Crippen LogP contribution < -0.4 is 19.5 Å². The summed E-state index contributed by atoms with van der Waals surface area (Å²) in [5.74, 6) is 1.34. The molecule has 0 saturated carbocycles. The number of carbonyl (C=O) groups is 1. The number of hydrogen-bond donors (Lipinski definition) is 1. The van der Waals surface area contributed by atoms with Gasteiger partial charge in [0.05, 0.1) is 17.3 Å². The molecule has 3 aromatic rings. The molecule has 0 unspecified atom stereocenters. The standard InChI is InChI=1S/C26H22BrIN2O4/c1-3-33-24-14-18(13-23(28)25(24)32-2)12-19(15-29)26(31)30-21-8-10-22(11-9-21)34-16-17-4-6-20(27)7-5-17/h4-14H,3,16H2,1-2H3,(H,30,31)/b19-12+. The van der Waals surface area contributed by atoms with Gasteiger partial charge in [-0.05, 0) is 95.2 Å². The fourth-order valence-corrected chi connectivity index (χ4v) is 4.14. The number of nitrogens with one attached hydrogen (secondary N) is 1. The summed E-state index contributed by atoms with van der Waals surface area (Å²) in [6.07, 6.45) is 1.52. The van der Waals surface area contributed by atoms with Crippen LogP contribution in [-0.4, -0.2) is 19.6 Å². The number of carbonyl (C=O) groups excluding carboxylic acids is 1. The molecule has 0 fully saturated rings. The molecule has 0 aliphatic rings. The van der Waals surface area contributed by atoms with Gasteiger partial charge in [0.2, 0.25) is 0 Å². The first-order valence-corrected chi connectivity index (χ1v) is 12.2. The van der Waals surface area contributed by atoms with Gasteiger partial charge in [-0.2, -0.15) is 5.26 Å². The largest absolute Gasteiger partial charge is 0.492 e. The van der Waals surface area contributed by atoms with Crippen LogP contribution in [0.25, 0.3) is 6.08 Å². The second-order valence-electron chi connectivity index (χ2n) is 7.03. The fourth-order valence-electron chi connectivity index (χ4n) is 3.03. The second kappa shape index (κ2) is 12.4. The summed E-state index contributed by atoms with van der Waals surface area (Å²) in [6.45, 7) is 2.78. The molecule has 3 rings (SSSR count). The minimum atomic E-state index is -0.505. The van der Waals surface area contributed by atoms with Crippen LogP contribution in [0, 0.1) is 14.9 Å². The molecule has 0 spiro atoms. The highest BCUT2D eigenvalue weighted by molar-refractivity contribution is 14.1. The molecule has 174 valence electrons. The molecule has 6 nitrogen and oxygen atoms in total. The molecule has 0 saturated heterocycles. The van der Waals surface area contributed by atoms with Gasteiger partial charge in [0.1, 0.15) is 24.0 Å². The predicted molar refractivity (Wildman–Crippen MR) is 144 cm³/mol. The SMILES string of the molecule is CCOc1cc(/C=C(\C#N)C(=O)Nc2ccc(OCc3ccc(Br)cc3)cc2)cc(I)c1OC. The summed E-state index contributed by atoms with van der Waals surface area (Å²) in [4.78, 5) is 12.7. The van der Waals surface area contributed by atoms with Crippen molar-refractivity contribution in [1.82, 2.24) is 0 Å². The normalized spacial score (nSPS) is 10.9. The predicted octanol–water partition coefficient (Wildman–Crippen LogP) is 6.59. The van der Waals surface area contributed by atoms with Crippen LogP contribution in [0.3, 0.4) is 0 Å². The number of amides is 1. The number of rotatable bonds is 9. The molecule has 0 atom stereocenters. The number of methoxy groups -OCH3 is 1. The van der Waals surface area contributed by atoms with E-state index in [4.69, 9.17) is 14.2 Å². The zero-order valence-electron chi connectivity index (χ0n) is 18.6. The summed E-state index contributed by atoms with van der Waals surface area (Å²) in [5.41, 5.74) is 2.24. The number of hydrogen-bond acceptors (Lipinski definition) is 5. The van der Waals surface area contributed by atoms with E-state index in [-0.39, 0.29) is 5.57 Å². The summed E-state index contributed by atoms with van der Waals surface area (Å²) in [6, 6.07) is 20.4. The first-order chi connectivity index (χ1) is 16.4. The van der Waals surface area contributed by atoms with Gasteiger partial charge in [0.25, 0.3) is 5.91 Å². The molecule has 0 aliphatic carbocycles. The van der Waals surface area contributed by atoms with E-state index >= 15 is 0 Å². The topological polar surface area (TPSA) is 80.6 Å². The molecule has 0 heterocycles. The number of benzene rings is 3. The highest BCUT2D eigenvalue weighted by Crippen LogP contribution is 2.34. The molecule has 1 amide bonds. The summed E-state index contributed by atoms with van der Waals surface area (Å²) in [7, 11) is 1.57. The Morgan fingerprint density at radius 2 is 1.82 bits per heavy atom. The maximum Gasteiger partial charge on any atom is 0.266 e. The number of nitriles is 1. The Bertz CT molecular complexity index is 1220. The van der Waals surface area contributed by atoms with E-state index in [1.807, 2.05) is 43.3 Å². The monoisotopic (exact) mass is 632 g/mol. The van der Waals surface area contributed by atoms with Crippen LogP contribution in [0.4, 0.5) is 5.69 Å². The number of halogens is 2. The average Bonchev–Trinajstić information content (AvgIpc) is 2.83. The van der Waals surface area contributed by atoms with Crippen LogP contribution in [0.1, 0.15) is 18.1 Å². The van der Waals surface area contributed by atoms with E-state index in [9.17, 15) is 10.1 Å². The Morgan fingerprint density at radius 3 is 2.44 bits per heavy atom. The van der Waals surface area contributed by atoms with E-state index in [2.05, 4.69) is 43.8 Å². The van der Waals surface area contributed by atoms with Crippen molar-refractivity contribution in [2.45, 2.75) is 13.5 Å². The van der Waals surface area contributed by atoms with Crippen molar-refractivity contribution >= 4 is 56.2 Å². The Hall–Kier alpha value is -3.03. The van der Waals surface area contributed by atoms with E-state index in [0.717, 1.165) is 13.6 Å². The van der Waals surface area contributed by atoms with Crippen LogP contribution >= 0.6 is 38.5 Å². The molecule has 3 aromatic carbocycles. The van der Waals surface area contributed by atoms with Crippen molar-refractivity contribution in [3.05, 3.63) is 85.4 Å². The van der Waals surface area contributed by atoms with Crippen molar-refractivity contribution in [1.29, 1.82) is 5.26 Å². The molecule has 0 bridgehead atoms. The Kier molecular flexibility index (Phi) is 9.36. The molecule has 8 heteroatoms. The van der Waals surface area contributed by atoms with Gasteiger partial charge in [0, 0.05) is 10.2 Å². The lowest BCUT2D eigenvalue weighted by molar-refractivity contribution is -0.112. The quantitative estimate of drug-likeness (QED) is 0.164. The van der Waals surface area contributed by atoms with Gasteiger partial charge in [-0.25, -0.2) is 0 Å². The van der Waals surface area contributed by atoms with E-state index in [1.165, 1.54) is 6.08 Å². The van der Waals surface area contributed by atoms with Crippen molar-refractivity contribution in [2.24, 2.45) is 0 Å². The fraction of sp³-hybridized carbons (Fsp3) is 0.154. The third kappa shape index (κ3) is 6.98. The third-order valence-corrected chi connectivity index (χ3v) is 5.97. The van der Waals surface area contributed by atoms with E-state index < -0.39 is 5.91 Å². The van der Waals surface area contributed by atoms with Gasteiger partial charge in [-0.3, -0.25) is 4.79 Å². The lowest BCUT2D eigenvalue weighted by Crippen LogP contribution is -2.13. The van der Waals surface area contributed by atoms with Gasteiger partial charge in [0.15, 0.2) is 11.5 Å². The molecule has 0 aromatic heterocycles. The summed E-state index contributed by atoms with van der Waals surface area (Å²) < 4.78 is 18.6. The van der Waals surface area contributed by atoms with Crippen molar-refractivity contribution in [3.8, 4) is 23.3 Å². The summed E-state index contributed by atoms with van der Waals surface area (Å²) >= 11 is 5.54. The van der Waals surface area contributed by atoms with Crippen LogP contribution in [0.15, 0.2) is 70.7 Å². The van der Waals surface area contributed by atoms with Crippen molar-refractivity contribution < 1.29 is 19.0 Å². The van der Waals surface area contributed by atoms with Crippen molar-refractivity contribution in [2.75, 3.05) is 19.0 Å². The number of nitrogens with zero attached hydrogens (tertiary/aromatic N) is 1. The summed E-state index contributed by atoms with van der Waals surface area (Å²) in [5, 5.41) is 12.3. The zero-order chi connectivity index (χ0) is 24.5. The molecular weight excluding hydrogens is 611 g/mol. The highest BCUT2D eigenvalue weighted by Gasteiger charge is 2.14. The lowest BCUT2D eigenvalue weighted by atomic mass is 10.1. The Balaban J connectivity index is 1.68.